The first-order chi connectivity index (χ1) is 12.8. The van der Waals surface area contributed by atoms with Crippen LogP contribution >= 0.6 is 0 Å². The van der Waals surface area contributed by atoms with E-state index in [-0.39, 0.29) is 5.78 Å². The van der Waals surface area contributed by atoms with Crippen LogP contribution in [0.3, 0.4) is 0 Å². The summed E-state index contributed by atoms with van der Waals surface area (Å²) >= 11 is 0. The number of benzene rings is 4. The number of carbonyl (C=O) groups is 1. The third kappa shape index (κ3) is 3.06. The summed E-state index contributed by atoms with van der Waals surface area (Å²) < 4.78 is 5.16. The van der Waals surface area contributed by atoms with Crippen molar-refractivity contribution in [3.8, 4) is 5.75 Å². The van der Waals surface area contributed by atoms with E-state index in [1.165, 1.54) is 27.1 Å². The van der Waals surface area contributed by atoms with E-state index in [9.17, 15) is 4.79 Å². The van der Waals surface area contributed by atoms with Crippen molar-refractivity contribution in [1.29, 1.82) is 0 Å². The highest BCUT2D eigenvalue weighted by Crippen LogP contribution is 2.29. The van der Waals surface area contributed by atoms with Gasteiger partial charge in [-0.1, -0.05) is 48.5 Å². The molecule has 4 rings (SSSR count). The third-order valence-corrected chi connectivity index (χ3v) is 4.90. The molecule has 26 heavy (non-hydrogen) atoms. The van der Waals surface area contributed by atoms with Crippen molar-refractivity contribution < 1.29 is 9.53 Å². The van der Waals surface area contributed by atoms with Crippen LogP contribution in [0, 0.1) is 0 Å². The molecule has 0 spiro atoms. The number of rotatable bonds is 5. The van der Waals surface area contributed by atoms with E-state index in [2.05, 4.69) is 54.6 Å². The van der Waals surface area contributed by atoms with Crippen LogP contribution in [-0.4, -0.2) is 12.9 Å². The number of hydrogen-bond donors (Lipinski definition) is 0. The molecule has 0 heterocycles. The molecule has 0 aromatic heterocycles. The van der Waals surface area contributed by atoms with E-state index in [0.29, 0.717) is 6.42 Å². The second-order valence-corrected chi connectivity index (χ2v) is 6.45. The highest BCUT2D eigenvalue weighted by molar-refractivity contribution is 6.03. The summed E-state index contributed by atoms with van der Waals surface area (Å²) in [6.07, 6.45) is 1.22. The van der Waals surface area contributed by atoms with E-state index in [0.717, 1.165) is 17.7 Å². The molecule has 0 unspecified atom stereocenters. The van der Waals surface area contributed by atoms with Gasteiger partial charge in [0.05, 0.1) is 7.11 Å². The molecular weight excluding hydrogens is 320 g/mol. The standard InChI is InChI=1S/C24H20O2/c1-26-20-12-10-17(11-13-20)24(25)15-14-23-21-8-4-2-6-18(21)16-19-7-3-5-9-22(19)23/h2-13,16H,14-15H2,1H3. The van der Waals surface area contributed by atoms with Crippen molar-refractivity contribution in [3.05, 3.63) is 90.0 Å². The largest absolute Gasteiger partial charge is 0.497 e. The summed E-state index contributed by atoms with van der Waals surface area (Å²) in [5, 5.41) is 4.90. The second kappa shape index (κ2) is 7.01. The van der Waals surface area contributed by atoms with Crippen LogP contribution in [0.5, 0.6) is 5.75 Å². The van der Waals surface area contributed by atoms with Crippen molar-refractivity contribution in [3.63, 3.8) is 0 Å². The summed E-state index contributed by atoms with van der Waals surface area (Å²) in [6, 6.07) is 26.4. The highest BCUT2D eigenvalue weighted by atomic mass is 16.5. The van der Waals surface area contributed by atoms with Gasteiger partial charge in [0, 0.05) is 12.0 Å². The SMILES string of the molecule is COc1ccc(C(=O)CCc2c3ccccc3cc3ccccc23)cc1. The minimum absolute atomic E-state index is 0.157. The van der Waals surface area contributed by atoms with Crippen LogP contribution in [0.2, 0.25) is 0 Å². The van der Waals surface area contributed by atoms with E-state index in [1.807, 2.05) is 24.3 Å². The summed E-state index contributed by atoms with van der Waals surface area (Å²) in [7, 11) is 1.63. The van der Waals surface area contributed by atoms with Crippen molar-refractivity contribution in [2.24, 2.45) is 0 Å². The molecule has 4 aromatic carbocycles. The second-order valence-electron chi connectivity index (χ2n) is 6.45. The van der Waals surface area contributed by atoms with Crippen LogP contribution in [0.1, 0.15) is 22.3 Å². The number of methoxy groups -OCH3 is 1. The van der Waals surface area contributed by atoms with Gasteiger partial charge in [-0.15, -0.1) is 0 Å². The predicted octanol–water partition coefficient (Wildman–Crippen LogP) is 5.82. The molecule has 0 radical (unpaired) electrons. The molecule has 2 nitrogen and oxygen atoms in total. The zero-order valence-electron chi connectivity index (χ0n) is 14.7. The lowest BCUT2D eigenvalue weighted by Crippen LogP contribution is -2.02. The molecular formula is C24H20O2. The van der Waals surface area contributed by atoms with E-state index >= 15 is 0 Å². The fraction of sp³-hybridized carbons (Fsp3) is 0.125. The molecule has 0 amide bonds. The zero-order valence-corrected chi connectivity index (χ0v) is 14.7. The highest BCUT2D eigenvalue weighted by Gasteiger charge is 2.11. The lowest BCUT2D eigenvalue weighted by Gasteiger charge is -2.11. The Morgan fingerprint density at radius 2 is 1.38 bits per heavy atom. The number of carbonyl (C=O) groups excluding carboxylic acids is 1. The topological polar surface area (TPSA) is 26.3 Å². The Labute approximate surface area is 153 Å². The van der Waals surface area contributed by atoms with E-state index < -0.39 is 0 Å². The van der Waals surface area contributed by atoms with Gasteiger partial charge in [0.25, 0.3) is 0 Å². The Morgan fingerprint density at radius 1 is 0.808 bits per heavy atom. The number of Topliss-reactive ketones (excluding diaryl/α,β-unsaturated/α-hetero) is 1. The first kappa shape index (κ1) is 16.3. The van der Waals surface area contributed by atoms with E-state index in [4.69, 9.17) is 4.74 Å². The zero-order chi connectivity index (χ0) is 17.9. The lowest BCUT2D eigenvalue weighted by atomic mass is 9.92. The molecule has 0 aliphatic rings. The van der Waals surface area contributed by atoms with Crippen LogP contribution in [0.15, 0.2) is 78.9 Å². The quantitative estimate of drug-likeness (QED) is 0.338. The van der Waals surface area contributed by atoms with Gasteiger partial charge in [-0.2, -0.15) is 0 Å². The van der Waals surface area contributed by atoms with Crippen molar-refractivity contribution in [2.45, 2.75) is 12.8 Å². The smallest absolute Gasteiger partial charge is 0.163 e. The number of ketones is 1. The number of ether oxygens (including phenoxy) is 1. The maximum atomic E-state index is 12.6. The third-order valence-electron chi connectivity index (χ3n) is 4.90. The Kier molecular flexibility index (Phi) is 4.40. The monoisotopic (exact) mass is 340 g/mol. The molecule has 0 fully saturated rings. The molecule has 0 saturated carbocycles. The van der Waals surface area contributed by atoms with Crippen LogP contribution in [0.4, 0.5) is 0 Å². The van der Waals surface area contributed by atoms with Gasteiger partial charge in [0.2, 0.25) is 0 Å². The minimum Gasteiger partial charge on any atom is -0.497 e. The van der Waals surface area contributed by atoms with Crippen molar-refractivity contribution in [1.82, 2.24) is 0 Å². The number of fused-ring (bicyclic) bond motifs is 2. The maximum Gasteiger partial charge on any atom is 0.163 e. The van der Waals surface area contributed by atoms with Gasteiger partial charge in [-0.05, 0) is 63.9 Å². The summed E-state index contributed by atoms with van der Waals surface area (Å²) in [6.45, 7) is 0. The molecule has 0 bridgehead atoms. The fourth-order valence-electron chi connectivity index (χ4n) is 3.54. The average molecular weight is 340 g/mol. The summed E-state index contributed by atoms with van der Waals surface area (Å²) in [5.41, 5.74) is 1.98. The predicted molar refractivity (Wildman–Crippen MR) is 107 cm³/mol. The maximum absolute atomic E-state index is 12.6. The Bertz CT molecular complexity index is 1020. The average Bonchev–Trinajstić information content (AvgIpc) is 2.71. The lowest BCUT2D eigenvalue weighted by molar-refractivity contribution is 0.0983. The van der Waals surface area contributed by atoms with Crippen LogP contribution in [-0.2, 0) is 6.42 Å². The first-order valence-electron chi connectivity index (χ1n) is 8.83. The molecule has 0 atom stereocenters. The number of hydrogen-bond acceptors (Lipinski definition) is 2. The van der Waals surface area contributed by atoms with Gasteiger partial charge in [-0.3, -0.25) is 4.79 Å². The van der Waals surface area contributed by atoms with Gasteiger partial charge >= 0.3 is 0 Å². The molecule has 128 valence electrons. The van der Waals surface area contributed by atoms with Crippen molar-refractivity contribution >= 4 is 27.3 Å². The van der Waals surface area contributed by atoms with Gasteiger partial charge in [-0.25, -0.2) is 0 Å². The van der Waals surface area contributed by atoms with Crippen LogP contribution in [0.25, 0.3) is 21.5 Å². The van der Waals surface area contributed by atoms with Crippen molar-refractivity contribution in [2.75, 3.05) is 7.11 Å². The summed E-state index contributed by atoms with van der Waals surface area (Å²) in [4.78, 5) is 12.6. The van der Waals surface area contributed by atoms with Gasteiger partial charge in [0.15, 0.2) is 5.78 Å². The van der Waals surface area contributed by atoms with Gasteiger partial charge in [0.1, 0.15) is 5.75 Å². The molecule has 0 aliphatic heterocycles. The molecule has 2 heteroatoms. The Morgan fingerprint density at radius 3 is 1.96 bits per heavy atom. The van der Waals surface area contributed by atoms with E-state index in [1.54, 1.807) is 7.11 Å². The molecule has 0 aliphatic carbocycles. The molecule has 4 aromatic rings. The minimum atomic E-state index is 0.157. The fourth-order valence-corrected chi connectivity index (χ4v) is 3.54. The van der Waals surface area contributed by atoms with Gasteiger partial charge < -0.3 is 4.74 Å². The molecule has 0 N–H and O–H groups in total. The normalized spacial score (nSPS) is 11.0. The Hall–Kier alpha value is -3.13. The number of aryl methyl sites for hydroxylation is 1. The first-order valence-corrected chi connectivity index (χ1v) is 8.83. The molecule has 0 saturated heterocycles. The summed E-state index contributed by atoms with van der Waals surface area (Å²) in [5.74, 6) is 0.922. The van der Waals surface area contributed by atoms with Crippen LogP contribution < -0.4 is 4.74 Å². The Balaban J connectivity index is 1.68.